The van der Waals surface area contributed by atoms with Gasteiger partial charge in [-0.15, -0.1) is 0 Å². The lowest BCUT2D eigenvalue weighted by molar-refractivity contribution is -0.115. The number of rotatable bonds is 0. The Hall–Kier alpha value is -1.11. The molecule has 0 bridgehead atoms. The highest BCUT2D eigenvalue weighted by molar-refractivity contribution is 5.92. The van der Waals surface area contributed by atoms with Crippen molar-refractivity contribution in [2.45, 2.75) is 59.3 Å². The Morgan fingerprint density at radius 1 is 1.18 bits per heavy atom. The molecule has 0 aromatic heterocycles. The van der Waals surface area contributed by atoms with Crippen molar-refractivity contribution in [1.82, 2.24) is 0 Å². The quantitative estimate of drug-likeness (QED) is 0.559. The first-order chi connectivity index (χ1) is 10.4. The van der Waals surface area contributed by atoms with Gasteiger partial charge in [-0.05, 0) is 61.3 Å². The molecule has 0 amide bonds. The highest BCUT2D eigenvalue weighted by Gasteiger charge is 2.56. The van der Waals surface area contributed by atoms with Crippen molar-refractivity contribution >= 4 is 5.78 Å². The van der Waals surface area contributed by atoms with E-state index in [-0.39, 0.29) is 5.41 Å². The summed E-state index contributed by atoms with van der Waals surface area (Å²) in [4.78, 5) is 11.9. The minimum Gasteiger partial charge on any atom is -0.295 e. The summed E-state index contributed by atoms with van der Waals surface area (Å²) in [7, 11) is 0. The van der Waals surface area contributed by atoms with Crippen molar-refractivity contribution in [3.8, 4) is 0 Å². The van der Waals surface area contributed by atoms with Crippen LogP contribution in [0.1, 0.15) is 59.3 Å². The monoisotopic (exact) mass is 296 g/mol. The molecule has 0 saturated heterocycles. The van der Waals surface area contributed by atoms with Crippen LogP contribution in [0.5, 0.6) is 0 Å². The van der Waals surface area contributed by atoms with Crippen LogP contribution < -0.4 is 0 Å². The zero-order valence-electron chi connectivity index (χ0n) is 14.2. The van der Waals surface area contributed by atoms with Crippen LogP contribution in [0.2, 0.25) is 0 Å². The summed E-state index contributed by atoms with van der Waals surface area (Å²) in [6, 6.07) is 0. The summed E-state index contributed by atoms with van der Waals surface area (Å²) in [5, 5.41) is 0. The maximum absolute atomic E-state index is 11.9. The lowest BCUT2D eigenvalue weighted by Gasteiger charge is -2.54. The molecule has 1 nitrogen and oxygen atoms in total. The Bertz CT molecular complexity index is 622. The highest BCUT2D eigenvalue weighted by Crippen LogP contribution is 2.65. The molecule has 0 N–H and O–H groups in total. The standard InChI is InChI=1S/C21H28O/c1-13-5-8-18-17-7-6-15-12-16(22)9-10-20(15,3)19(17)11-14(2)21(13,18)4/h11-12,14,17-18H,1,5-10H2,2-4H3. The molecule has 0 aromatic rings. The lowest BCUT2D eigenvalue weighted by Crippen LogP contribution is -2.46. The minimum absolute atomic E-state index is 0.163. The lowest BCUT2D eigenvalue weighted by atomic mass is 9.50. The second-order valence-corrected chi connectivity index (χ2v) is 8.56. The average molecular weight is 296 g/mol. The predicted octanol–water partition coefficient (Wildman–Crippen LogP) is 5.24. The third-order valence-corrected chi connectivity index (χ3v) is 7.83. The molecule has 5 atom stereocenters. The molecule has 0 aromatic carbocycles. The van der Waals surface area contributed by atoms with Crippen molar-refractivity contribution in [3.05, 3.63) is 35.5 Å². The fourth-order valence-corrected chi connectivity index (χ4v) is 6.12. The Kier molecular flexibility index (Phi) is 2.94. The molecule has 4 aliphatic carbocycles. The van der Waals surface area contributed by atoms with Gasteiger partial charge in [-0.3, -0.25) is 4.79 Å². The number of allylic oxidation sites excluding steroid dienone is 5. The number of ketones is 1. The van der Waals surface area contributed by atoms with Crippen LogP contribution in [0.4, 0.5) is 0 Å². The first-order valence-corrected chi connectivity index (χ1v) is 9.01. The van der Waals surface area contributed by atoms with Crippen molar-refractivity contribution in [2.75, 3.05) is 0 Å². The van der Waals surface area contributed by atoms with E-state index in [1.165, 1.54) is 30.4 Å². The molecule has 0 aliphatic heterocycles. The SMILES string of the molecule is C=C1CCC2C3CCC4=CC(=O)CCC4(C)C3=CC(C)C12C. The van der Waals surface area contributed by atoms with Gasteiger partial charge < -0.3 is 0 Å². The van der Waals surface area contributed by atoms with Crippen LogP contribution >= 0.6 is 0 Å². The second kappa shape index (κ2) is 4.46. The maximum atomic E-state index is 11.9. The molecule has 5 unspecified atom stereocenters. The topological polar surface area (TPSA) is 17.1 Å². The van der Waals surface area contributed by atoms with Gasteiger partial charge in [0.05, 0.1) is 0 Å². The van der Waals surface area contributed by atoms with Crippen LogP contribution in [-0.4, -0.2) is 5.78 Å². The summed E-state index contributed by atoms with van der Waals surface area (Å²) in [6.45, 7) is 11.7. The largest absolute Gasteiger partial charge is 0.295 e. The molecule has 22 heavy (non-hydrogen) atoms. The van der Waals surface area contributed by atoms with Crippen LogP contribution in [0.15, 0.2) is 35.5 Å². The van der Waals surface area contributed by atoms with Gasteiger partial charge in [0.1, 0.15) is 0 Å². The molecule has 4 rings (SSSR count). The minimum atomic E-state index is 0.163. The molecule has 2 fully saturated rings. The van der Waals surface area contributed by atoms with E-state index >= 15 is 0 Å². The number of hydrogen-bond acceptors (Lipinski definition) is 1. The van der Waals surface area contributed by atoms with Gasteiger partial charge in [0.15, 0.2) is 5.78 Å². The number of fused-ring (bicyclic) bond motifs is 5. The molecule has 118 valence electrons. The number of carbonyl (C=O) groups is 1. The first kappa shape index (κ1) is 14.5. The molecule has 0 heterocycles. The Labute approximate surface area is 134 Å². The van der Waals surface area contributed by atoms with Gasteiger partial charge >= 0.3 is 0 Å². The van der Waals surface area contributed by atoms with E-state index in [2.05, 4.69) is 33.4 Å². The number of carbonyl (C=O) groups excluding carboxylic acids is 1. The third kappa shape index (κ3) is 1.63. The second-order valence-electron chi connectivity index (χ2n) is 8.56. The smallest absolute Gasteiger partial charge is 0.155 e. The highest BCUT2D eigenvalue weighted by atomic mass is 16.1. The zero-order chi connectivity index (χ0) is 15.7. The fraction of sp³-hybridized carbons (Fsp3) is 0.667. The molecular weight excluding hydrogens is 268 g/mol. The van der Waals surface area contributed by atoms with Crippen molar-refractivity contribution in [1.29, 1.82) is 0 Å². The summed E-state index contributed by atoms with van der Waals surface area (Å²) in [5.74, 6) is 2.41. The van der Waals surface area contributed by atoms with E-state index in [1.807, 2.05) is 6.08 Å². The van der Waals surface area contributed by atoms with Gasteiger partial charge in [0, 0.05) is 11.8 Å². The van der Waals surface area contributed by atoms with E-state index in [1.54, 1.807) is 5.57 Å². The van der Waals surface area contributed by atoms with Crippen molar-refractivity contribution in [3.63, 3.8) is 0 Å². The van der Waals surface area contributed by atoms with E-state index in [0.717, 1.165) is 31.1 Å². The van der Waals surface area contributed by atoms with Crippen LogP contribution in [0.3, 0.4) is 0 Å². The van der Waals surface area contributed by atoms with Crippen LogP contribution in [0.25, 0.3) is 0 Å². The predicted molar refractivity (Wildman–Crippen MR) is 90.4 cm³/mol. The summed E-state index contributed by atoms with van der Waals surface area (Å²) in [6.07, 6.45) is 11.2. The molecular formula is C21H28O. The summed E-state index contributed by atoms with van der Waals surface area (Å²) in [5.41, 5.74) is 5.03. The molecule has 0 radical (unpaired) electrons. The molecule has 0 spiro atoms. The van der Waals surface area contributed by atoms with E-state index in [4.69, 9.17) is 0 Å². The third-order valence-electron chi connectivity index (χ3n) is 7.83. The molecule has 2 saturated carbocycles. The Morgan fingerprint density at radius 2 is 1.95 bits per heavy atom. The number of hydrogen-bond donors (Lipinski definition) is 0. The summed E-state index contributed by atoms with van der Waals surface area (Å²) >= 11 is 0. The van der Waals surface area contributed by atoms with Crippen molar-refractivity contribution < 1.29 is 4.79 Å². The van der Waals surface area contributed by atoms with E-state index in [0.29, 0.717) is 17.1 Å². The Morgan fingerprint density at radius 3 is 2.73 bits per heavy atom. The van der Waals surface area contributed by atoms with Gasteiger partial charge in [0.25, 0.3) is 0 Å². The maximum Gasteiger partial charge on any atom is 0.155 e. The van der Waals surface area contributed by atoms with Gasteiger partial charge in [0.2, 0.25) is 0 Å². The van der Waals surface area contributed by atoms with E-state index < -0.39 is 0 Å². The van der Waals surface area contributed by atoms with Gasteiger partial charge in [-0.25, -0.2) is 0 Å². The van der Waals surface area contributed by atoms with Gasteiger partial charge in [-0.2, -0.15) is 0 Å². The molecule has 1 heteroatoms. The van der Waals surface area contributed by atoms with Crippen LogP contribution in [0, 0.1) is 28.6 Å². The zero-order valence-corrected chi connectivity index (χ0v) is 14.2. The van der Waals surface area contributed by atoms with E-state index in [9.17, 15) is 4.79 Å². The van der Waals surface area contributed by atoms with Crippen LogP contribution in [-0.2, 0) is 4.79 Å². The summed E-state index contributed by atoms with van der Waals surface area (Å²) < 4.78 is 0. The first-order valence-electron chi connectivity index (χ1n) is 9.01. The average Bonchev–Trinajstić information content (AvgIpc) is 2.79. The fourth-order valence-electron chi connectivity index (χ4n) is 6.12. The Balaban J connectivity index is 1.83. The normalized spacial score (nSPS) is 47.3. The van der Waals surface area contributed by atoms with Crippen molar-refractivity contribution in [2.24, 2.45) is 28.6 Å². The molecule has 4 aliphatic rings. The van der Waals surface area contributed by atoms with Gasteiger partial charge in [-0.1, -0.05) is 50.1 Å².